The number of aryl methyl sites for hydroxylation is 1. The molecule has 0 aliphatic heterocycles. The van der Waals surface area contributed by atoms with Crippen LogP contribution in [0.1, 0.15) is 68.4 Å². The van der Waals surface area contributed by atoms with Crippen LogP contribution in [0.4, 0.5) is 0 Å². The van der Waals surface area contributed by atoms with Gasteiger partial charge in [0.05, 0.1) is 11.1 Å². The van der Waals surface area contributed by atoms with Gasteiger partial charge in [-0.05, 0) is 41.0 Å². The van der Waals surface area contributed by atoms with Crippen LogP contribution >= 0.6 is 0 Å². The molecule has 0 saturated carbocycles. The standard InChI is InChI=1S/C19H27NO3/c1-12(2)16-11-20(7-6-8-21)17-14(16)9-13(19(3,4)5)10-15(17)18(22)23/h9-12,21H,6-8H2,1-5H3,(H,22,23). The Morgan fingerprint density at radius 3 is 2.39 bits per heavy atom. The number of hydrogen-bond donors (Lipinski definition) is 2. The summed E-state index contributed by atoms with van der Waals surface area (Å²) < 4.78 is 1.98. The molecule has 0 atom stereocenters. The molecule has 1 aromatic carbocycles. The summed E-state index contributed by atoms with van der Waals surface area (Å²) in [5, 5.41) is 19.8. The summed E-state index contributed by atoms with van der Waals surface area (Å²) in [4.78, 5) is 11.8. The molecule has 0 bridgehead atoms. The van der Waals surface area contributed by atoms with Crippen molar-refractivity contribution in [2.24, 2.45) is 0 Å². The summed E-state index contributed by atoms with van der Waals surface area (Å²) in [6, 6.07) is 3.93. The van der Waals surface area contributed by atoms with Crippen LogP contribution < -0.4 is 0 Å². The summed E-state index contributed by atoms with van der Waals surface area (Å²) in [6.45, 7) is 11.2. The average molecular weight is 317 g/mol. The lowest BCUT2D eigenvalue weighted by molar-refractivity contribution is 0.0698. The number of carboxylic acids is 1. The fourth-order valence-electron chi connectivity index (χ4n) is 2.94. The number of fused-ring (bicyclic) bond motifs is 1. The second kappa shape index (κ2) is 6.36. The van der Waals surface area contributed by atoms with E-state index in [1.807, 2.05) is 10.8 Å². The van der Waals surface area contributed by atoms with Crippen molar-refractivity contribution < 1.29 is 15.0 Å². The van der Waals surface area contributed by atoms with E-state index in [0.717, 1.165) is 22.0 Å². The number of nitrogens with zero attached hydrogens (tertiary/aromatic N) is 1. The summed E-state index contributed by atoms with van der Waals surface area (Å²) >= 11 is 0. The van der Waals surface area contributed by atoms with Gasteiger partial charge in [-0.2, -0.15) is 0 Å². The van der Waals surface area contributed by atoms with Crippen LogP contribution in [0.15, 0.2) is 18.3 Å². The third kappa shape index (κ3) is 3.42. The fraction of sp³-hybridized carbons (Fsp3) is 0.526. The molecular formula is C19H27NO3. The molecule has 23 heavy (non-hydrogen) atoms. The third-order valence-electron chi connectivity index (χ3n) is 4.28. The van der Waals surface area contributed by atoms with Gasteiger partial charge < -0.3 is 14.8 Å². The van der Waals surface area contributed by atoms with Gasteiger partial charge in [0.15, 0.2) is 0 Å². The zero-order valence-electron chi connectivity index (χ0n) is 14.7. The molecule has 2 N–H and O–H groups in total. The molecule has 2 aromatic rings. The molecule has 0 aliphatic rings. The molecule has 0 saturated heterocycles. The zero-order chi connectivity index (χ0) is 17.4. The van der Waals surface area contributed by atoms with Crippen molar-refractivity contribution in [1.82, 2.24) is 4.57 Å². The molecule has 0 radical (unpaired) electrons. The van der Waals surface area contributed by atoms with Crippen molar-refractivity contribution in [3.8, 4) is 0 Å². The Kier molecular flexibility index (Phi) is 4.85. The van der Waals surface area contributed by atoms with Gasteiger partial charge in [0.25, 0.3) is 0 Å². The molecule has 1 heterocycles. The molecule has 126 valence electrons. The van der Waals surface area contributed by atoms with E-state index in [2.05, 4.69) is 40.7 Å². The first-order valence-electron chi connectivity index (χ1n) is 8.18. The van der Waals surface area contributed by atoms with Crippen molar-refractivity contribution >= 4 is 16.9 Å². The van der Waals surface area contributed by atoms with Crippen molar-refractivity contribution in [1.29, 1.82) is 0 Å². The maximum atomic E-state index is 11.8. The van der Waals surface area contributed by atoms with Crippen LogP contribution in [0.5, 0.6) is 0 Å². The Morgan fingerprint density at radius 2 is 1.91 bits per heavy atom. The maximum Gasteiger partial charge on any atom is 0.337 e. The number of aliphatic hydroxyl groups excluding tert-OH is 1. The Morgan fingerprint density at radius 1 is 1.26 bits per heavy atom. The number of carbonyl (C=O) groups is 1. The zero-order valence-corrected chi connectivity index (χ0v) is 14.7. The number of benzene rings is 1. The van der Waals surface area contributed by atoms with Gasteiger partial charge in [0.1, 0.15) is 0 Å². The van der Waals surface area contributed by atoms with Crippen LogP contribution in [-0.2, 0) is 12.0 Å². The molecule has 0 spiro atoms. The molecule has 0 aliphatic carbocycles. The lowest BCUT2D eigenvalue weighted by Crippen LogP contribution is -2.13. The first-order chi connectivity index (χ1) is 10.7. The summed E-state index contributed by atoms with van der Waals surface area (Å²) in [6.07, 6.45) is 2.66. The van der Waals surface area contributed by atoms with E-state index in [9.17, 15) is 9.90 Å². The first kappa shape index (κ1) is 17.5. The number of hydrogen-bond acceptors (Lipinski definition) is 2. The minimum atomic E-state index is -0.903. The van der Waals surface area contributed by atoms with Crippen LogP contribution in [-0.4, -0.2) is 27.4 Å². The number of carboxylic acid groups (broad SMARTS) is 1. The monoisotopic (exact) mass is 317 g/mol. The molecule has 1 aromatic heterocycles. The maximum absolute atomic E-state index is 11.8. The van der Waals surface area contributed by atoms with E-state index in [1.165, 1.54) is 0 Å². The van der Waals surface area contributed by atoms with E-state index < -0.39 is 5.97 Å². The van der Waals surface area contributed by atoms with Gasteiger partial charge in [0.2, 0.25) is 0 Å². The first-order valence-corrected chi connectivity index (χ1v) is 8.18. The average Bonchev–Trinajstić information content (AvgIpc) is 2.82. The molecule has 0 fully saturated rings. The normalized spacial score (nSPS) is 12.3. The quantitative estimate of drug-likeness (QED) is 0.871. The van der Waals surface area contributed by atoms with E-state index in [4.69, 9.17) is 5.11 Å². The van der Waals surface area contributed by atoms with Crippen LogP contribution in [0.3, 0.4) is 0 Å². The van der Waals surface area contributed by atoms with Gasteiger partial charge in [0, 0.05) is 24.7 Å². The number of aromatic nitrogens is 1. The number of rotatable bonds is 5. The van der Waals surface area contributed by atoms with Gasteiger partial charge in [-0.1, -0.05) is 34.6 Å². The molecular weight excluding hydrogens is 290 g/mol. The SMILES string of the molecule is CC(C)c1cn(CCCO)c2c(C(=O)O)cc(C(C)(C)C)cc12. The Balaban J connectivity index is 2.83. The Bertz CT molecular complexity index is 720. The number of aromatic carboxylic acids is 1. The van der Waals surface area contributed by atoms with Gasteiger partial charge in [-0.15, -0.1) is 0 Å². The molecule has 2 rings (SSSR count). The summed E-state index contributed by atoms with van der Waals surface area (Å²) in [5.74, 6) is -0.593. The summed E-state index contributed by atoms with van der Waals surface area (Å²) in [7, 11) is 0. The van der Waals surface area contributed by atoms with Crippen molar-refractivity contribution in [3.05, 3.63) is 35.0 Å². The second-order valence-corrected chi connectivity index (χ2v) is 7.48. The number of aliphatic hydroxyl groups is 1. The molecule has 4 nitrogen and oxygen atoms in total. The van der Waals surface area contributed by atoms with E-state index in [0.29, 0.717) is 24.4 Å². The molecule has 0 unspecified atom stereocenters. The van der Waals surface area contributed by atoms with Crippen molar-refractivity contribution in [2.45, 2.75) is 58.9 Å². The summed E-state index contributed by atoms with van der Waals surface area (Å²) in [5.41, 5.74) is 3.19. The van der Waals surface area contributed by atoms with Gasteiger partial charge >= 0.3 is 5.97 Å². The highest BCUT2D eigenvalue weighted by molar-refractivity contribution is 6.04. The minimum Gasteiger partial charge on any atom is -0.478 e. The van der Waals surface area contributed by atoms with E-state index >= 15 is 0 Å². The largest absolute Gasteiger partial charge is 0.478 e. The predicted molar refractivity (Wildman–Crippen MR) is 93.4 cm³/mol. The van der Waals surface area contributed by atoms with Crippen LogP contribution in [0.25, 0.3) is 10.9 Å². The van der Waals surface area contributed by atoms with Crippen molar-refractivity contribution in [3.63, 3.8) is 0 Å². The van der Waals surface area contributed by atoms with E-state index in [-0.39, 0.29) is 12.0 Å². The Labute approximate surface area is 137 Å². The second-order valence-electron chi connectivity index (χ2n) is 7.48. The predicted octanol–water partition coefficient (Wildman–Crippen LogP) is 4.14. The highest BCUT2D eigenvalue weighted by Crippen LogP contribution is 2.35. The molecule has 4 heteroatoms. The highest BCUT2D eigenvalue weighted by atomic mass is 16.4. The lowest BCUT2D eigenvalue weighted by Gasteiger charge is -2.21. The van der Waals surface area contributed by atoms with Crippen LogP contribution in [0, 0.1) is 0 Å². The van der Waals surface area contributed by atoms with Crippen molar-refractivity contribution in [2.75, 3.05) is 6.61 Å². The van der Waals surface area contributed by atoms with E-state index in [1.54, 1.807) is 6.07 Å². The van der Waals surface area contributed by atoms with Crippen LogP contribution in [0.2, 0.25) is 0 Å². The fourth-order valence-corrected chi connectivity index (χ4v) is 2.94. The minimum absolute atomic E-state index is 0.0964. The Hall–Kier alpha value is -1.81. The lowest BCUT2D eigenvalue weighted by atomic mass is 9.84. The highest BCUT2D eigenvalue weighted by Gasteiger charge is 2.23. The molecule has 0 amide bonds. The van der Waals surface area contributed by atoms with Gasteiger partial charge in [-0.25, -0.2) is 4.79 Å². The third-order valence-corrected chi connectivity index (χ3v) is 4.28. The topological polar surface area (TPSA) is 62.5 Å². The smallest absolute Gasteiger partial charge is 0.337 e. The van der Waals surface area contributed by atoms with Gasteiger partial charge in [-0.3, -0.25) is 0 Å².